The first-order valence-electron chi connectivity index (χ1n) is 8.88. The number of halogens is 1. The molecule has 4 rings (SSSR count). The molecule has 1 aromatic carbocycles. The van der Waals surface area contributed by atoms with E-state index in [4.69, 9.17) is 9.47 Å². The molecule has 3 atom stereocenters. The number of carbonyl (C=O) groups excluding carboxylic acids is 1. The summed E-state index contributed by atoms with van der Waals surface area (Å²) >= 11 is 0. The van der Waals surface area contributed by atoms with Crippen LogP contribution in [0.25, 0.3) is 0 Å². The lowest BCUT2D eigenvalue weighted by atomic mass is 10.1. The summed E-state index contributed by atoms with van der Waals surface area (Å²) < 4.78 is 26.9. The molecule has 1 saturated heterocycles. The normalized spacial score (nSPS) is 25.4. The van der Waals surface area contributed by atoms with Gasteiger partial charge in [0.25, 0.3) is 11.5 Å². The van der Waals surface area contributed by atoms with E-state index in [2.05, 4.69) is 0 Å². The highest BCUT2D eigenvalue weighted by Gasteiger charge is 2.50. The van der Waals surface area contributed by atoms with Crippen LogP contribution >= 0.6 is 0 Å². The highest BCUT2D eigenvalue weighted by molar-refractivity contribution is 5.95. The van der Waals surface area contributed by atoms with Gasteiger partial charge in [-0.1, -0.05) is 24.3 Å². The lowest BCUT2D eigenvalue weighted by molar-refractivity contribution is -0.148. The highest BCUT2D eigenvalue weighted by Crippen LogP contribution is 2.42. The van der Waals surface area contributed by atoms with Crippen LogP contribution in [0.4, 0.5) is 4.39 Å². The highest BCUT2D eigenvalue weighted by atomic mass is 19.1. The van der Waals surface area contributed by atoms with E-state index in [1.807, 2.05) is 0 Å². The average Bonchev–Trinajstić information content (AvgIpc) is 3.15. The molecule has 28 heavy (non-hydrogen) atoms. The first kappa shape index (κ1) is 18.5. The number of fused-ring (bicyclic) bond motifs is 1. The van der Waals surface area contributed by atoms with Crippen LogP contribution in [0.15, 0.2) is 63.8 Å². The molecule has 8 heteroatoms. The first-order chi connectivity index (χ1) is 13.3. The minimum atomic E-state index is -0.930. The maximum absolute atomic E-state index is 13.5. The van der Waals surface area contributed by atoms with Crippen molar-refractivity contribution in [2.75, 3.05) is 6.67 Å². The molecule has 0 spiro atoms. The van der Waals surface area contributed by atoms with Gasteiger partial charge in [0.15, 0.2) is 5.79 Å². The number of rotatable bonds is 3. The topological polar surface area (TPSA) is 79.5 Å². The van der Waals surface area contributed by atoms with E-state index in [0.29, 0.717) is 10.1 Å². The van der Waals surface area contributed by atoms with E-state index >= 15 is 0 Å². The summed E-state index contributed by atoms with van der Waals surface area (Å²) in [6.45, 7) is 2.68. The van der Waals surface area contributed by atoms with Gasteiger partial charge in [-0.3, -0.25) is 14.2 Å². The molecule has 1 fully saturated rings. The Hall–Kier alpha value is -2.84. The van der Waals surface area contributed by atoms with Crippen molar-refractivity contribution in [2.24, 2.45) is 0 Å². The third-order valence-electron chi connectivity index (χ3n) is 4.93. The van der Waals surface area contributed by atoms with Gasteiger partial charge in [0.2, 0.25) is 0 Å². The average molecular weight is 386 g/mol. The standard InChI is InChI=1S/C20H19FN2O5/c1-20(2)27-16-13(11-21)10-14(17(16)28-20)22-9-8-15(24)23(19(22)26)18(25)12-6-4-3-5-7-12/h3-10,14,16-17H,11H2,1-2H3/t14-,16-,17+/m1/s1. The fraction of sp³-hybridized carbons (Fsp3) is 0.350. The number of aromatic nitrogens is 2. The van der Waals surface area contributed by atoms with Crippen LogP contribution < -0.4 is 11.2 Å². The van der Waals surface area contributed by atoms with Gasteiger partial charge in [-0.25, -0.2) is 9.18 Å². The van der Waals surface area contributed by atoms with Gasteiger partial charge < -0.3 is 9.47 Å². The molecule has 0 radical (unpaired) electrons. The third-order valence-corrected chi connectivity index (χ3v) is 4.93. The Morgan fingerprint density at radius 3 is 2.54 bits per heavy atom. The molecule has 0 amide bonds. The van der Waals surface area contributed by atoms with Crippen LogP contribution in [-0.2, 0) is 9.47 Å². The minimum absolute atomic E-state index is 0.213. The molecule has 146 valence electrons. The van der Waals surface area contributed by atoms with Gasteiger partial charge >= 0.3 is 5.69 Å². The monoisotopic (exact) mass is 386 g/mol. The van der Waals surface area contributed by atoms with E-state index in [9.17, 15) is 18.8 Å². The van der Waals surface area contributed by atoms with E-state index in [1.165, 1.54) is 22.9 Å². The number of hydrogen-bond acceptors (Lipinski definition) is 5. The maximum atomic E-state index is 13.5. The van der Waals surface area contributed by atoms with Crippen LogP contribution in [0.1, 0.15) is 30.2 Å². The molecule has 0 unspecified atom stereocenters. The number of hydrogen-bond donors (Lipinski definition) is 0. The fourth-order valence-electron chi connectivity index (χ4n) is 3.71. The molecule has 2 aliphatic rings. The van der Waals surface area contributed by atoms with Crippen LogP contribution in [0, 0.1) is 0 Å². The zero-order valence-corrected chi connectivity index (χ0v) is 15.4. The Balaban J connectivity index is 1.80. The number of carbonyl (C=O) groups is 1. The Morgan fingerprint density at radius 2 is 1.86 bits per heavy atom. The largest absolute Gasteiger partial charge is 0.342 e. The van der Waals surface area contributed by atoms with Gasteiger partial charge in [0.1, 0.15) is 18.9 Å². The van der Waals surface area contributed by atoms with Crippen LogP contribution in [0.2, 0.25) is 0 Å². The second kappa shape index (κ2) is 6.65. The zero-order chi connectivity index (χ0) is 20.1. The van der Waals surface area contributed by atoms with Crippen molar-refractivity contribution in [3.8, 4) is 0 Å². The summed E-state index contributed by atoms with van der Waals surface area (Å²) in [5.41, 5.74) is -0.956. The van der Waals surface area contributed by atoms with Crippen LogP contribution in [0.5, 0.6) is 0 Å². The van der Waals surface area contributed by atoms with Gasteiger partial charge in [0, 0.05) is 17.8 Å². The molecule has 0 bridgehead atoms. The molecule has 2 aromatic rings. The number of benzene rings is 1. The fourth-order valence-corrected chi connectivity index (χ4v) is 3.71. The SMILES string of the molecule is CC1(C)O[C@@H]2[C@H](O1)C(CF)=C[C@H]2n1ccc(=O)n(C(=O)c2ccccc2)c1=O. The summed E-state index contributed by atoms with van der Waals surface area (Å²) in [4.78, 5) is 38.0. The van der Waals surface area contributed by atoms with E-state index in [0.717, 1.165) is 6.07 Å². The van der Waals surface area contributed by atoms with Crippen molar-refractivity contribution in [3.63, 3.8) is 0 Å². The summed E-state index contributed by atoms with van der Waals surface area (Å²) in [6, 6.07) is 8.50. The second-order valence-electron chi connectivity index (χ2n) is 7.24. The lowest BCUT2D eigenvalue weighted by Crippen LogP contribution is -2.45. The molecule has 2 heterocycles. The van der Waals surface area contributed by atoms with Crippen LogP contribution in [0.3, 0.4) is 0 Å². The summed E-state index contributed by atoms with van der Waals surface area (Å²) in [5, 5.41) is 0. The summed E-state index contributed by atoms with van der Waals surface area (Å²) in [5.74, 6) is -1.65. The van der Waals surface area contributed by atoms with E-state index in [1.54, 1.807) is 38.1 Å². The first-order valence-corrected chi connectivity index (χ1v) is 8.88. The Morgan fingerprint density at radius 1 is 1.14 bits per heavy atom. The predicted octanol–water partition coefficient (Wildman–Crippen LogP) is 1.67. The molecular weight excluding hydrogens is 367 g/mol. The molecule has 1 aromatic heterocycles. The van der Waals surface area contributed by atoms with Crippen molar-refractivity contribution >= 4 is 5.91 Å². The molecular formula is C20H19FN2O5. The predicted molar refractivity (Wildman–Crippen MR) is 98.1 cm³/mol. The smallest absolute Gasteiger partial charge is 0.338 e. The molecule has 1 aliphatic carbocycles. The molecule has 7 nitrogen and oxygen atoms in total. The number of nitrogens with zero attached hydrogens (tertiary/aromatic N) is 2. The van der Waals surface area contributed by atoms with Crippen molar-refractivity contribution in [1.82, 2.24) is 9.13 Å². The number of ether oxygens (including phenoxy) is 2. The van der Waals surface area contributed by atoms with Crippen molar-refractivity contribution in [1.29, 1.82) is 0 Å². The van der Waals surface area contributed by atoms with Crippen LogP contribution in [-0.4, -0.2) is 39.7 Å². The van der Waals surface area contributed by atoms with Crippen molar-refractivity contribution in [2.45, 2.75) is 37.9 Å². The summed E-state index contributed by atoms with van der Waals surface area (Å²) in [6.07, 6.45) is 1.61. The van der Waals surface area contributed by atoms with E-state index in [-0.39, 0.29) is 5.56 Å². The van der Waals surface area contributed by atoms with Gasteiger partial charge in [-0.05, 0) is 31.6 Å². The molecule has 0 N–H and O–H groups in total. The third kappa shape index (κ3) is 2.94. The number of alkyl halides is 1. The molecule has 0 saturated carbocycles. The lowest BCUT2D eigenvalue weighted by Gasteiger charge is -2.22. The minimum Gasteiger partial charge on any atom is -0.342 e. The van der Waals surface area contributed by atoms with Gasteiger partial charge in [-0.2, -0.15) is 4.57 Å². The quantitative estimate of drug-likeness (QED) is 0.750. The second-order valence-corrected chi connectivity index (χ2v) is 7.24. The zero-order valence-electron chi connectivity index (χ0n) is 15.4. The van der Waals surface area contributed by atoms with Gasteiger partial charge in [-0.15, -0.1) is 0 Å². The van der Waals surface area contributed by atoms with Gasteiger partial charge in [0.05, 0.1) is 6.04 Å². The molecule has 1 aliphatic heterocycles. The van der Waals surface area contributed by atoms with E-state index < -0.39 is 47.9 Å². The van der Waals surface area contributed by atoms with Crippen molar-refractivity contribution in [3.05, 3.63) is 80.6 Å². The Kier molecular flexibility index (Phi) is 4.40. The summed E-state index contributed by atoms with van der Waals surface area (Å²) in [7, 11) is 0. The maximum Gasteiger partial charge on any atom is 0.338 e. The van der Waals surface area contributed by atoms with Crippen molar-refractivity contribution < 1.29 is 18.7 Å². The Labute approximate surface area is 159 Å². The Bertz CT molecular complexity index is 1070.